The van der Waals surface area contributed by atoms with Crippen LogP contribution in [0, 0.1) is 0 Å². The van der Waals surface area contributed by atoms with Crippen LogP contribution in [0.1, 0.15) is 41.0 Å². The van der Waals surface area contributed by atoms with Gasteiger partial charge in [-0.05, 0) is 36.9 Å². The van der Waals surface area contributed by atoms with Crippen LogP contribution in [0.4, 0.5) is 27.6 Å². The minimum Gasteiger partial charge on any atom is -0.496 e. The Bertz CT molecular complexity index is 1000. The monoisotopic (exact) mass is 443 g/mol. The van der Waals surface area contributed by atoms with E-state index in [0.717, 1.165) is 37.0 Å². The summed E-state index contributed by atoms with van der Waals surface area (Å²) < 4.78 is 71.1. The highest BCUT2D eigenvalue weighted by atomic mass is 19.4. The van der Waals surface area contributed by atoms with Crippen LogP contribution < -0.4 is 10.1 Å². The highest BCUT2D eigenvalue weighted by molar-refractivity contribution is 6.04. The van der Waals surface area contributed by atoms with E-state index < -0.39 is 29.3 Å². The van der Waals surface area contributed by atoms with Crippen LogP contribution in [0.2, 0.25) is 0 Å². The topological polar surface area (TPSA) is 54.5 Å². The Morgan fingerprint density at radius 2 is 1.87 bits per heavy atom. The number of carbonyl (C=O) groups is 1. The third kappa shape index (κ3) is 4.34. The fraction of sp³-hybridized carbons (Fsp3) is 0.429. The number of nitrogens with one attached hydrogen (secondary N) is 1. The standard InChI is InChI=1S/C21H22F5N3O2/c1-19(2)11-29(3)10-13-7-14(9-27-17(13)19)28-18(30)12-5-6-16(31-4)15(8-12)20(22,23)21(24,25)26/h5-9H,10-11H2,1-4H3,(H,28,30). The number of rotatable bonds is 4. The van der Waals surface area contributed by atoms with E-state index >= 15 is 0 Å². The number of nitrogens with zero attached hydrogens (tertiary/aromatic N) is 2. The van der Waals surface area contributed by atoms with Crippen LogP contribution in [-0.2, 0) is 17.9 Å². The summed E-state index contributed by atoms with van der Waals surface area (Å²) in [6.45, 7) is 5.51. The number of alkyl halides is 5. The molecule has 1 aliphatic heterocycles. The first-order chi connectivity index (χ1) is 14.3. The van der Waals surface area contributed by atoms with Crippen LogP contribution in [0.5, 0.6) is 5.75 Å². The van der Waals surface area contributed by atoms with E-state index in [9.17, 15) is 26.7 Å². The fourth-order valence-electron chi connectivity index (χ4n) is 3.86. The Balaban J connectivity index is 1.91. The maximum atomic E-state index is 13.9. The molecule has 1 N–H and O–H groups in total. The van der Waals surface area contributed by atoms with Gasteiger partial charge in [0.1, 0.15) is 5.75 Å². The molecule has 0 radical (unpaired) electrons. The second-order valence-electron chi connectivity index (χ2n) is 8.23. The molecule has 0 aliphatic carbocycles. The molecule has 10 heteroatoms. The Morgan fingerprint density at radius 1 is 1.19 bits per heavy atom. The number of benzene rings is 1. The molecule has 1 aromatic carbocycles. The van der Waals surface area contributed by atoms with Gasteiger partial charge in [0.2, 0.25) is 0 Å². The van der Waals surface area contributed by atoms with Crippen molar-refractivity contribution in [3.05, 3.63) is 52.8 Å². The third-order valence-electron chi connectivity index (χ3n) is 5.13. The second kappa shape index (κ2) is 7.74. The summed E-state index contributed by atoms with van der Waals surface area (Å²) >= 11 is 0. The average Bonchev–Trinajstić information content (AvgIpc) is 2.65. The maximum Gasteiger partial charge on any atom is 0.458 e. The molecule has 0 bridgehead atoms. The number of halogens is 5. The molecule has 0 fully saturated rings. The number of likely N-dealkylation sites (N-methyl/N-ethyl adjacent to an activating group) is 1. The van der Waals surface area contributed by atoms with Crippen molar-refractivity contribution < 1.29 is 31.5 Å². The van der Waals surface area contributed by atoms with E-state index in [1.807, 2.05) is 20.9 Å². The first-order valence-electron chi connectivity index (χ1n) is 9.38. The van der Waals surface area contributed by atoms with Gasteiger partial charge in [-0.3, -0.25) is 9.78 Å². The van der Waals surface area contributed by atoms with Crippen molar-refractivity contribution in [2.24, 2.45) is 0 Å². The Morgan fingerprint density at radius 3 is 2.48 bits per heavy atom. The van der Waals surface area contributed by atoms with E-state index in [2.05, 4.69) is 19.9 Å². The molecule has 2 heterocycles. The average molecular weight is 443 g/mol. The first kappa shape index (κ1) is 22.9. The lowest BCUT2D eigenvalue weighted by atomic mass is 9.82. The highest BCUT2D eigenvalue weighted by Gasteiger charge is 2.60. The van der Waals surface area contributed by atoms with E-state index in [4.69, 9.17) is 0 Å². The molecule has 3 rings (SSSR count). The number of fused-ring (bicyclic) bond motifs is 1. The van der Waals surface area contributed by atoms with E-state index in [-0.39, 0.29) is 11.0 Å². The predicted octanol–water partition coefficient (Wildman–Crippen LogP) is 4.72. The number of ether oxygens (including phenoxy) is 1. The van der Waals surface area contributed by atoms with Crippen LogP contribution >= 0.6 is 0 Å². The number of hydrogen-bond acceptors (Lipinski definition) is 4. The van der Waals surface area contributed by atoms with Gasteiger partial charge in [0.25, 0.3) is 5.91 Å². The first-order valence-corrected chi connectivity index (χ1v) is 9.38. The molecule has 1 aliphatic rings. The maximum absolute atomic E-state index is 13.9. The second-order valence-corrected chi connectivity index (χ2v) is 8.23. The highest BCUT2D eigenvalue weighted by Crippen LogP contribution is 2.47. The van der Waals surface area contributed by atoms with Gasteiger partial charge in [-0.2, -0.15) is 22.0 Å². The van der Waals surface area contributed by atoms with Gasteiger partial charge in [0.05, 0.1) is 30.3 Å². The number of anilines is 1. The van der Waals surface area contributed by atoms with Gasteiger partial charge in [-0.1, -0.05) is 13.8 Å². The van der Waals surface area contributed by atoms with Crippen molar-refractivity contribution >= 4 is 11.6 Å². The normalized spacial score (nSPS) is 16.5. The van der Waals surface area contributed by atoms with Crippen molar-refractivity contribution in [2.75, 3.05) is 26.0 Å². The summed E-state index contributed by atoms with van der Waals surface area (Å²) in [6.07, 6.45) is -4.39. The zero-order valence-electron chi connectivity index (χ0n) is 17.4. The number of carbonyl (C=O) groups excluding carboxylic acids is 1. The number of hydrogen-bond donors (Lipinski definition) is 1. The Kier molecular flexibility index (Phi) is 5.72. The lowest BCUT2D eigenvalue weighted by Crippen LogP contribution is -2.40. The zero-order chi connectivity index (χ0) is 23.2. The molecule has 0 atom stereocenters. The van der Waals surface area contributed by atoms with Gasteiger partial charge in [-0.25, -0.2) is 0 Å². The molecule has 1 amide bonds. The van der Waals surface area contributed by atoms with Crippen molar-refractivity contribution in [2.45, 2.75) is 37.9 Å². The molecule has 5 nitrogen and oxygen atoms in total. The predicted molar refractivity (Wildman–Crippen MR) is 104 cm³/mol. The molecule has 1 aromatic heterocycles. The number of aromatic nitrogens is 1. The molecule has 0 unspecified atom stereocenters. The van der Waals surface area contributed by atoms with Crippen molar-refractivity contribution in [3.63, 3.8) is 0 Å². The smallest absolute Gasteiger partial charge is 0.458 e. The van der Waals surface area contributed by atoms with Crippen LogP contribution in [0.25, 0.3) is 0 Å². The fourth-order valence-corrected chi connectivity index (χ4v) is 3.86. The lowest BCUT2D eigenvalue weighted by Gasteiger charge is -2.37. The Labute approximate surface area is 176 Å². The summed E-state index contributed by atoms with van der Waals surface area (Å²) in [7, 11) is 2.93. The Hall–Kier alpha value is -2.75. The molecular formula is C21H22F5N3O2. The lowest BCUT2D eigenvalue weighted by molar-refractivity contribution is -0.289. The SMILES string of the molecule is COc1ccc(C(=O)Nc2cnc3c(c2)CN(C)CC3(C)C)cc1C(F)(F)C(F)(F)F. The van der Waals surface area contributed by atoms with Crippen LogP contribution in [0.15, 0.2) is 30.5 Å². The minimum absolute atomic E-state index is 0.196. The van der Waals surface area contributed by atoms with Gasteiger partial charge >= 0.3 is 12.1 Å². The van der Waals surface area contributed by atoms with Crippen molar-refractivity contribution in [3.8, 4) is 5.75 Å². The van der Waals surface area contributed by atoms with Gasteiger partial charge in [0.15, 0.2) is 0 Å². The summed E-state index contributed by atoms with van der Waals surface area (Å²) in [5.74, 6) is -6.69. The van der Waals surface area contributed by atoms with Crippen LogP contribution in [-0.4, -0.2) is 42.7 Å². The van der Waals surface area contributed by atoms with E-state index in [0.29, 0.717) is 18.3 Å². The van der Waals surface area contributed by atoms with E-state index in [1.165, 1.54) is 6.20 Å². The molecule has 168 valence electrons. The molecular weight excluding hydrogens is 421 g/mol. The number of pyridine rings is 1. The van der Waals surface area contributed by atoms with E-state index in [1.54, 1.807) is 6.07 Å². The molecule has 2 aromatic rings. The van der Waals surface area contributed by atoms with Crippen molar-refractivity contribution in [1.82, 2.24) is 9.88 Å². The largest absolute Gasteiger partial charge is 0.496 e. The summed E-state index contributed by atoms with van der Waals surface area (Å²) in [6, 6.07) is 4.25. The molecule has 0 saturated carbocycles. The summed E-state index contributed by atoms with van der Waals surface area (Å²) in [5, 5.41) is 2.52. The van der Waals surface area contributed by atoms with Gasteiger partial charge in [-0.15, -0.1) is 0 Å². The molecule has 0 saturated heterocycles. The zero-order valence-corrected chi connectivity index (χ0v) is 17.4. The quantitative estimate of drug-likeness (QED) is 0.695. The van der Waals surface area contributed by atoms with Crippen LogP contribution in [0.3, 0.4) is 0 Å². The number of amides is 1. The summed E-state index contributed by atoms with van der Waals surface area (Å²) in [4.78, 5) is 19.1. The molecule has 31 heavy (non-hydrogen) atoms. The van der Waals surface area contributed by atoms with Gasteiger partial charge < -0.3 is 15.0 Å². The summed E-state index contributed by atoms with van der Waals surface area (Å²) in [5.41, 5.74) is 0.112. The molecule has 0 spiro atoms. The third-order valence-corrected chi connectivity index (χ3v) is 5.13. The van der Waals surface area contributed by atoms with Gasteiger partial charge in [0, 0.05) is 24.1 Å². The minimum atomic E-state index is -5.84. The van der Waals surface area contributed by atoms with Crippen molar-refractivity contribution in [1.29, 1.82) is 0 Å². The number of methoxy groups -OCH3 is 1.